The van der Waals surface area contributed by atoms with Crippen LogP contribution in [0.3, 0.4) is 0 Å². The fourth-order valence-electron chi connectivity index (χ4n) is 3.90. The number of hydrogen-bond acceptors (Lipinski definition) is 3. The van der Waals surface area contributed by atoms with Crippen LogP contribution in [0.25, 0.3) is 0 Å². The molecule has 0 amide bonds. The van der Waals surface area contributed by atoms with E-state index in [0.717, 1.165) is 12.5 Å². The van der Waals surface area contributed by atoms with Crippen molar-refractivity contribution >= 4 is 0 Å². The van der Waals surface area contributed by atoms with Gasteiger partial charge in [-0.25, -0.2) is 0 Å². The van der Waals surface area contributed by atoms with Gasteiger partial charge in [0.1, 0.15) is 0 Å². The van der Waals surface area contributed by atoms with Crippen LogP contribution in [0, 0.1) is 5.92 Å². The molecule has 3 atom stereocenters. The minimum absolute atomic E-state index is 0.565. The summed E-state index contributed by atoms with van der Waals surface area (Å²) in [5.74, 6) is 0.857. The van der Waals surface area contributed by atoms with Crippen molar-refractivity contribution in [3.05, 3.63) is 35.9 Å². The molecule has 3 rings (SSSR count). The van der Waals surface area contributed by atoms with E-state index in [-0.39, 0.29) is 0 Å². The average molecular weight is 287 g/mol. The van der Waals surface area contributed by atoms with Crippen molar-refractivity contribution in [3.63, 3.8) is 0 Å². The topological polar surface area (TPSA) is 18.5 Å². The number of hydrogen-bond donors (Lipinski definition) is 1. The highest BCUT2D eigenvalue weighted by atomic mass is 15.3. The molecule has 2 fully saturated rings. The quantitative estimate of drug-likeness (QED) is 0.921. The lowest BCUT2D eigenvalue weighted by molar-refractivity contribution is 0.0669. The maximum absolute atomic E-state index is 3.57. The Hall–Kier alpha value is -0.900. The van der Waals surface area contributed by atoms with E-state index in [1.54, 1.807) is 0 Å². The highest BCUT2D eigenvalue weighted by Crippen LogP contribution is 2.28. The standard InChI is InChI=1S/C18H29N3/c1-15-12-16(8-9-19-15)13-21-11-10-20(2)14-18(21)17-6-4-3-5-7-17/h3-7,15-16,18-19H,8-14H2,1-2H3. The van der Waals surface area contributed by atoms with Crippen LogP contribution >= 0.6 is 0 Å². The van der Waals surface area contributed by atoms with Gasteiger partial charge < -0.3 is 10.2 Å². The number of likely N-dealkylation sites (N-methyl/N-ethyl adjacent to an activating group) is 1. The van der Waals surface area contributed by atoms with Crippen LogP contribution in [0.5, 0.6) is 0 Å². The van der Waals surface area contributed by atoms with Crippen molar-refractivity contribution in [1.82, 2.24) is 15.1 Å². The second kappa shape index (κ2) is 6.91. The lowest BCUT2D eigenvalue weighted by atomic mass is 9.91. The van der Waals surface area contributed by atoms with Crippen LogP contribution in [0.15, 0.2) is 30.3 Å². The van der Waals surface area contributed by atoms with Gasteiger partial charge in [-0.1, -0.05) is 30.3 Å². The summed E-state index contributed by atoms with van der Waals surface area (Å²) in [4.78, 5) is 5.21. The van der Waals surface area contributed by atoms with E-state index >= 15 is 0 Å². The maximum atomic E-state index is 3.57. The first-order valence-corrected chi connectivity index (χ1v) is 8.43. The number of piperidine rings is 1. The lowest BCUT2D eigenvalue weighted by Crippen LogP contribution is -2.49. The van der Waals surface area contributed by atoms with Crippen molar-refractivity contribution < 1.29 is 0 Å². The first-order chi connectivity index (χ1) is 10.2. The summed E-state index contributed by atoms with van der Waals surface area (Å²) in [7, 11) is 2.25. The van der Waals surface area contributed by atoms with Gasteiger partial charge in [0.05, 0.1) is 0 Å². The minimum Gasteiger partial charge on any atom is -0.314 e. The zero-order valence-corrected chi connectivity index (χ0v) is 13.5. The molecule has 1 N–H and O–H groups in total. The molecule has 0 aromatic heterocycles. The van der Waals surface area contributed by atoms with Gasteiger partial charge in [-0.3, -0.25) is 4.90 Å². The largest absolute Gasteiger partial charge is 0.314 e. The highest BCUT2D eigenvalue weighted by Gasteiger charge is 2.29. The Morgan fingerprint density at radius 1 is 1.19 bits per heavy atom. The average Bonchev–Trinajstić information content (AvgIpc) is 2.50. The molecule has 2 aliphatic heterocycles. The summed E-state index contributed by atoms with van der Waals surface area (Å²) in [6.45, 7) is 8.34. The molecule has 1 aromatic carbocycles. The van der Waals surface area contributed by atoms with Crippen LogP contribution in [0.1, 0.15) is 31.4 Å². The second-order valence-electron chi connectivity index (χ2n) is 6.93. The van der Waals surface area contributed by atoms with Gasteiger partial charge in [-0.05, 0) is 44.8 Å². The molecule has 0 bridgehead atoms. The van der Waals surface area contributed by atoms with E-state index in [4.69, 9.17) is 0 Å². The third kappa shape index (κ3) is 3.85. The highest BCUT2D eigenvalue weighted by molar-refractivity contribution is 5.20. The molecule has 3 nitrogen and oxygen atoms in total. The Balaban J connectivity index is 1.69. The molecular weight excluding hydrogens is 258 g/mol. The summed E-state index contributed by atoms with van der Waals surface area (Å²) in [6, 6.07) is 12.3. The first-order valence-electron chi connectivity index (χ1n) is 8.43. The monoisotopic (exact) mass is 287 g/mol. The predicted molar refractivity (Wildman–Crippen MR) is 88.4 cm³/mol. The van der Waals surface area contributed by atoms with E-state index in [1.807, 2.05) is 0 Å². The summed E-state index contributed by atoms with van der Waals surface area (Å²) in [6.07, 6.45) is 2.66. The van der Waals surface area contributed by atoms with Crippen molar-refractivity contribution in [1.29, 1.82) is 0 Å². The molecule has 0 radical (unpaired) electrons. The van der Waals surface area contributed by atoms with Crippen molar-refractivity contribution in [2.24, 2.45) is 5.92 Å². The van der Waals surface area contributed by atoms with Crippen LogP contribution in [-0.4, -0.2) is 55.6 Å². The molecule has 2 saturated heterocycles. The molecule has 116 valence electrons. The van der Waals surface area contributed by atoms with Crippen LogP contribution < -0.4 is 5.32 Å². The number of nitrogens with one attached hydrogen (secondary N) is 1. The summed E-state index contributed by atoms with van der Waals surface area (Å²) in [5, 5.41) is 3.57. The van der Waals surface area contributed by atoms with Gasteiger partial charge in [0, 0.05) is 38.3 Å². The van der Waals surface area contributed by atoms with E-state index < -0.39 is 0 Å². The number of piperazine rings is 1. The summed E-state index contributed by atoms with van der Waals surface area (Å²) < 4.78 is 0. The normalized spacial score (nSPS) is 32.2. The van der Waals surface area contributed by atoms with Crippen LogP contribution in [0.4, 0.5) is 0 Å². The molecule has 2 heterocycles. The summed E-state index contributed by atoms with van der Waals surface area (Å²) in [5.41, 5.74) is 1.48. The predicted octanol–water partition coefficient (Wildman–Crippen LogP) is 2.36. The third-order valence-corrected chi connectivity index (χ3v) is 5.10. The van der Waals surface area contributed by atoms with Gasteiger partial charge >= 0.3 is 0 Å². The zero-order valence-electron chi connectivity index (χ0n) is 13.5. The van der Waals surface area contributed by atoms with E-state index in [0.29, 0.717) is 12.1 Å². The van der Waals surface area contributed by atoms with Crippen LogP contribution in [-0.2, 0) is 0 Å². The molecule has 1 aromatic rings. The zero-order chi connectivity index (χ0) is 14.7. The Bertz CT molecular complexity index is 433. The Labute approximate surface area is 129 Å². The summed E-state index contributed by atoms with van der Waals surface area (Å²) >= 11 is 0. The number of rotatable bonds is 3. The van der Waals surface area contributed by atoms with E-state index in [2.05, 4.69) is 59.4 Å². The number of nitrogens with zero attached hydrogens (tertiary/aromatic N) is 2. The van der Waals surface area contributed by atoms with Crippen LogP contribution in [0.2, 0.25) is 0 Å². The smallest absolute Gasteiger partial charge is 0.0475 e. The van der Waals surface area contributed by atoms with Crippen molar-refractivity contribution in [3.8, 4) is 0 Å². The molecule has 3 unspecified atom stereocenters. The molecule has 0 saturated carbocycles. The first kappa shape index (κ1) is 15.0. The Morgan fingerprint density at radius 3 is 2.76 bits per heavy atom. The molecule has 0 aliphatic carbocycles. The Kier molecular flexibility index (Phi) is 4.94. The minimum atomic E-state index is 0.565. The third-order valence-electron chi connectivity index (χ3n) is 5.10. The number of benzene rings is 1. The van der Waals surface area contributed by atoms with Crippen molar-refractivity contribution in [2.45, 2.75) is 31.8 Å². The van der Waals surface area contributed by atoms with Gasteiger partial charge in [0.25, 0.3) is 0 Å². The van der Waals surface area contributed by atoms with Gasteiger partial charge in [0.15, 0.2) is 0 Å². The molecular formula is C18H29N3. The molecule has 3 heteroatoms. The van der Waals surface area contributed by atoms with Gasteiger partial charge in [-0.15, -0.1) is 0 Å². The molecule has 21 heavy (non-hydrogen) atoms. The van der Waals surface area contributed by atoms with E-state index in [9.17, 15) is 0 Å². The molecule has 0 spiro atoms. The fraction of sp³-hybridized carbons (Fsp3) is 0.667. The van der Waals surface area contributed by atoms with E-state index in [1.165, 1.54) is 44.6 Å². The van der Waals surface area contributed by atoms with Gasteiger partial charge in [0.2, 0.25) is 0 Å². The Morgan fingerprint density at radius 2 is 2.00 bits per heavy atom. The second-order valence-corrected chi connectivity index (χ2v) is 6.93. The molecule has 2 aliphatic rings. The fourth-order valence-corrected chi connectivity index (χ4v) is 3.90. The lowest BCUT2D eigenvalue weighted by Gasteiger charge is -2.43. The SMILES string of the molecule is CC1CC(CN2CCN(C)CC2c2ccccc2)CCN1. The van der Waals surface area contributed by atoms with Gasteiger partial charge in [-0.2, -0.15) is 0 Å². The van der Waals surface area contributed by atoms with Crippen molar-refractivity contribution in [2.75, 3.05) is 39.8 Å². The maximum Gasteiger partial charge on any atom is 0.0475 e.